The van der Waals surface area contributed by atoms with Crippen molar-refractivity contribution in [3.05, 3.63) is 34.9 Å². The Balaban J connectivity index is 2.47. The first-order chi connectivity index (χ1) is 9.75. The normalized spacial score (nSPS) is 21.7. The maximum Gasteiger partial charge on any atom is 0.327 e. The number of carbonyl (C=O) groups excluding carboxylic acids is 1. The lowest BCUT2D eigenvalue weighted by Gasteiger charge is -2.25. The van der Waals surface area contributed by atoms with Crippen LogP contribution in [0.2, 0.25) is 0 Å². The summed E-state index contributed by atoms with van der Waals surface area (Å²) < 4.78 is 52.8. The number of amides is 1. The summed E-state index contributed by atoms with van der Waals surface area (Å²) in [5.74, 6) is -10.1. The first kappa shape index (κ1) is 15.6. The molecule has 114 valence electrons. The van der Waals surface area contributed by atoms with Gasteiger partial charge in [-0.1, -0.05) is 0 Å². The Morgan fingerprint density at radius 3 is 2.43 bits per heavy atom. The van der Waals surface area contributed by atoms with E-state index in [1.54, 1.807) is 0 Å². The minimum absolute atomic E-state index is 0.0655. The van der Waals surface area contributed by atoms with Crippen LogP contribution in [0.4, 0.5) is 17.6 Å². The van der Waals surface area contributed by atoms with Crippen molar-refractivity contribution in [2.24, 2.45) is 0 Å². The van der Waals surface area contributed by atoms with Gasteiger partial charge in [0.25, 0.3) is 5.91 Å². The third-order valence-electron chi connectivity index (χ3n) is 3.08. The largest absolute Gasteiger partial charge is 0.480 e. The Bertz CT molecular complexity index is 625. The smallest absolute Gasteiger partial charge is 0.327 e. The average molecular weight is 323 g/mol. The fourth-order valence-electron chi connectivity index (χ4n) is 2.01. The first-order valence-electron chi connectivity index (χ1n) is 5.75. The zero-order chi connectivity index (χ0) is 15.9. The quantitative estimate of drug-likeness (QED) is 0.515. The number of hydrogen-bond donors (Lipinski definition) is 1. The van der Waals surface area contributed by atoms with Gasteiger partial charge in [0.2, 0.25) is 0 Å². The number of benzene rings is 1. The first-order valence-corrected chi connectivity index (χ1v) is 6.80. The third-order valence-corrected chi connectivity index (χ3v) is 4.29. The van der Waals surface area contributed by atoms with Crippen LogP contribution in [0, 0.1) is 23.3 Å². The van der Waals surface area contributed by atoms with Crippen LogP contribution in [-0.4, -0.2) is 39.1 Å². The molecule has 0 aliphatic carbocycles. The molecule has 1 amide bonds. The van der Waals surface area contributed by atoms with Gasteiger partial charge in [-0.15, -0.1) is 11.8 Å². The van der Waals surface area contributed by atoms with Gasteiger partial charge < -0.3 is 10.0 Å². The highest BCUT2D eigenvalue weighted by Crippen LogP contribution is 2.31. The molecule has 1 aliphatic rings. The molecule has 0 saturated carbocycles. The Kier molecular flexibility index (Phi) is 4.13. The number of thioether (sulfide) groups is 1. The van der Waals surface area contributed by atoms with Crippen LogP contribution < -0.4 is 0 Å². The van der Waals surface area contributed by atoms with Crippen molar-refractivity contribution in [2.75, 3.05) is 5.75 Å². The molecule has 1 fully saturated rings. The van der Waals surface area contributed by atoms with E-state index in [0.29, 0.717) is 0 Å². The van der Waals surface area contributed by atoms with E-state index in [-0.39, 0.29) is 11.8 Å². The molecule has 0 radical (unpaired) electrons. The van der Waals surface area contributed by atoms with Crippen LogP contribution in [0.5, 0.6) is 0 Å². The fourth-order valence-corrected chi connectivity index (χ4v) is 3.18. The van der Waals surface area contributed by atoms with Gasteiger partial charge in [0.1, 0.15) is 6.04 Å². The minimum Gasteiger partial charge on any atom is -0.480 e. The highest BCUT2D eigenvalue weighted by molar-refractivity contribution is 8.00. The Morgan fingerprint density at radius 1 is 1.24 bits per heavy atom. The highest BCUT2D eigenvalue weighted by Gasteiger charge is 2.41. The van der Waals surface area contributed by atoms with E-state index < -0.39 is 52.1 Å². The van der Waals surface area contributed by atoms with Crippen LogP contribution >= 0.6 is 11.8 Å². The molecule has 2 rings (SSSR count). The molecular weight excluding hydrogens is 314 g/mol. The van der Waals surface area contributed by atoms with Crippen molar-refractivity contribution in [3.8, 4) is 0 Å². The van der Waals surface area contributed by atoms with Crippen molar-refractivity contribution in [3.63, 3.8) is 0 Å². The Morgan fingerprint density at radius 2 is 1.86 bits per heavy atom. The van der Waals surface area contributed by atoms with Crippen molar-refractivity contribution in [2.45, 2.75) is 18.3 Å². The summed E-state index contributed by atoms with van der Waals surface area (Å²) in [7, 11) is 0. The van der Waals surface area contributed by atoms with Crippen LogP contribution in [0.15, 0.2) is 6.07 Å². The highest BCUT2D eigenvalue weighted by atomic mass is 32.2. The standard InChI is InChI=1S/C12H9F4NO3S/c1-4-17(7(3-21-4)12(19)20)11(18)5-2-6(13)9(15)10(16)8(5)14/h2,4,7H,3H2,1H3,(H,19,20). The van der Waals surface area contributed by atoms with E-state index in [9.17, 15) is 27.2 Å². The molecule has 4 nitrogen and oxygen atoms in total. The summed E-state index contributed by atoms with van der Waals surface area (Å²) in [4.78, 5) is 24.0. The molecule has 1 heterocycles. The number of aliphatic carboxylic acids is 1. The number of halogens is 4. The summed E-state index contributed by atoms with van der Waals surface area (Å²) in [5.41, 5.74) is -1.04. The van der Waals surface area contributed by atoms with Gasteiger partial charge in [0.15, 0.2) is 23.3 Å². The predicted octanol–water partition coefficient (Wildman–Crippen LogP) is 2.23. The van der Waals surface area contributed by atoms with Crippen LogP contribution in [0.3, 0.4) is 0 Å². The van der Waals surface area contributed by atoms with E-state index in [1.165, 1.54) is 6.92 Å². The van der Waals surface area contributed by atoms with Gasteiger partial charge in [0.05, 0.1) is 10.9 Å². The predicted molar refractivity (Wildman–Crippen MR) is 65.8 cm³/mol. The third kappa shape index (κ3) is 2.57. The lowest BCUT2D eigenvalue weighted by Crippen LogP contribution is -2.45. The van der Waals surface area contributed by atoms with E-state index in [1.807, 2.05) is 0 Å². The molecule has 1 N–H and O–H groups in total. The van der Waals surface area contributed by atoms with Crippen LogP contribution in [0.25, 0.3) is 0 Å². The summed E-state index contributed by atoms with van der Waals surface area (Å²) in [6.45, 7) is 1.50. The molecule has 2 unspecified atom stereocenters. The van der Waals surface area contributed by atoms with E-state index >= 15 is 0 Å². The SMILES string of the molecule is CC1SCC(C(=O)O)N1C(=O)c1cc(F)c(F)c(F)c1F. The Hall–Kier alpha value is -1.77. The molecule has 0 aromatic heterocycles. The number of rotatable bonds is 2. The maximum absolute atomic E-state index is 13.6. The molecule has 21 heavy (non-hydrogen) atoms. The van der Waals surface area contributed by atoms with Gasteiger partial charge in [-0.25, -0.2) is 22.4 Å². The van der Waals surface area contributed by atoms with E-state index in [0.717, 1.165) is 16.7 Å². The molecule has 1 saturated heterocycles. The zero-order valence-corrected chi connectivity index (χ0v) is 11.4. The number of carboxylic acids is 1. The molecule has 1 aromatic carbocycles. The van der Waals surface area contributed by atoms with Crippen molar-refractivity contribution >= 4 is 23.6 Å². The molecule has 0 bridgehead atoms. The summed E-state index contributed by atoms with van der Waals surface area (Å²) in [6.07, 6.45) is 0. The molecule has 1 aromatic rings. The number of hydrogen-bond acceptors (Lipinski definition) is 3. The van der Waals surface area contributed by atoms with Gasteiger partial charge in [-0.05, 0) is 13.0 Å². The molecular formula is C12H9F4NO3S. The number of nitrogens with zero attached hydrogens (tertiary/aromatic N) is 1. The lowest BCUT2D eigenvalue weighted by atomic mass is 10.1. The topological polar surface area (TPSA) is 57.6 Å². The number of carbonyl (C=O) groups is 2. The van der Waals surface area contributed by atoms with Crippen molar-refractivity contribution in [1.29, 1.82) is 0 Å². The zero-order valence-electron chi connectivity index (χ0n) is 10.6. The van der Waals surface area contributed by atoms with Gasteiger partial charge in [0, 0.05) is 5.75 Å². The molecule has 1 aliphatic heterocycles. The Labute approximate surface area is 120 Å². The second-order valence-electron chi connectivity index (χ2n) is 4.35. The maximum atomic E-state index is 13.6. The average Bonchev–Trinajstić information content (AvgIpc) is 2.81. The molecule has 2 atom stereocenters. The van der Waals surface area contributed by atoms with Crippen molar-refractivity contribution < 1.29 is 32.3 Å². The number of carboxylic acid groups (broad SMARTS) is 1. The van der Waals surface area contributed by atoms with Gasteiger partial charge >= 0.3 is 5.97 Å². The second-order valence-corrected chi connectivity index (χ2v) is 5.70. The fraction of sp³-hybridized carbons (Fsp3) is 0.333. The summed E-state index contributed by atoms with van der Waals surface area (Å²) in [6, 6.07) is -1.02. The minimum atomic E-state index is -2.11. The lowest BCUT2D eigenvalue weighted by molar-refractivity contribution is -0.141. The van der Waals surface area contributed by atoms with E-state index in [2.05, 4.69) is 0 Å². The van der Waals surface area contributed by atoms with Crippen molar-refractivity contribution in [1.82, 2.24) is 4.90 Å². The second kappa shape index (κ2) is 5.55. The summed E-state index contributed by atoms with van der Waals surface area (Å²) >= 11 is 1.12. The summed E-state index contributed by atoms with van der Waals surface area (Å²) in [5, 5.41) is 8.39. The van der Waals surface area contributed by atoms with Gasteiger partial charge in [-0.2, -0.15) is 0 Å². The van der Waals surface area contributed by atoms with Crippen LogP contribution in [-0.2, 0) is 4.79 Å². The van der Waals surface area contributed by atoms with Gasteiger partial charge in [-0.3, -0.25) is 4.79 Å². The molecule has 9 heteroatoms. The monoisotopic (exact) mass is 323 g/mol. The van der Waals surface area contributed by atoms with E-state index in [4.69, 9.17) is 5.11 Å². The molecule has 0 spiro atoms. The van der Waals surface area contributed by atoms with Crippen LogP contribution in [0.1, 0.15) is 17.3 Å².